The molecule has 0 radical (unpaired) electrons. The van der Waals surface area contributed by atoms with Gasteiger partial charge in [0.15, 0.2) is 5.78 Å². The molecule has 1 aliphatic rings. The van der Waals surface area contributed by atoms with Gasteiger partial charge in [-0.15, -0.1) is 0 Å². The molecule has 1 saturated carbocycles. The fourth-order valence-electron chi connectivity index (χ4n) is 2.11. The number of hydrogen-bond donors (Lipinski definition) is 0. The summed E-state index contributed by atoms with van der Waals surface area (Å²) in [5.74, 6) is 0.232. The highest BCUT2D eigenvalue weighted by atomic mass is 79.9. The highest BCUT2D eigenvalue weighted by Gasteiger charge is 2.30. The van der Waals surface area contributed by atoms with Crippen molar-refractivity contribution in [3.8, 4) is 0 Å². The van der Waals surface area contributed by atoms with Crippen LogP contribution in [0.25, 0.3) is 0 Å². The lowest BCUT2D eigenvalue weighted by atomic mass is 10.1. The molecule has 19 heavy (non-hydrogen) atoms. The third kappa shape index (κ3) is 2.78. The fourth-order valence-corrected chi connectivity index (χ4v) is 2.54. The molecule has 0 saturated heterocycles. The molecule has 2 nitrogen and oxygen atoms in total. The first kappa shape index (κ1) is 12.6. The Morgan fingerprint density at radius 1 is 1.37 bits per heavy atom. The van der Waals surface area contributed by atoms with Crippen LogP contribution in [0.3, 0.4) is 0 Å². The predicted octanol–water partition coefficient (Wildman–Crippen LogP) is 4.03. The van der Waals surface area contributed by atoms with Crippen LogP contribution in [0.5, 0.6) is 0 Å². The van der Waals surface area contributed by atoms with Gasteiger partial charge >= 0.3 is 0 Å². The molecule has 0 spiro atoms. The molecule has 98 valence electrons. The van der Waals surface area contributed by atoms with E-state index in [4.69, 9.17) is 0 Å². The van der Waals surface area contributed by atoms with Crippen LogP contribution in [0.15, 0.2) is 41.1 Å². The highest BCUT2D eigenvalue weighted by molar-refractivity contribution is 9.10. The Balaban J connectivity index is 1.75. The van der Waals surface area contributed by atoms with Gasteiger partial charge in [0.2, 0.25) is 0 Å². The molecule has 0 amide bonds. The second kappa shape index (κ2) is 4.93. The highest BCUT2D eigenvalue weighted by Crippen LogP contribution is 2.32. The van der Waals surface area contributed by atoms with E-state index < -0.39 is 0 Å². The van der Waals surface area contributed by atoms with Crippen LogP contribution in [-0.2, 0) is 6.54 Å². The zero-order chi connectivity index (χ0) is 13.4. The van der Waals surface area contributed by atoms with Crippen LogP contribution in [0.1, 0.15) is 28.8 Å². The number of aromatic nitrogens is 1. The van der Waals surface area contributed by atoms with Crippen LogP contribution in [0.2, 0.25) is 0 Å². The van der Waals surface area contributed by atoms with Gasteiger partial charge in [-0.2, -0.15) is 0 Å². The second-order valence-electron chi connectivity index (χ2n) is 4.96. The summed E-state index contributed by atoms with van der Waals surface area (Å²) >= 11 is 3.18. The van der Waals surface area contributed by atoms with Crippen molar-refractivity contribution < 1.29 is 9.18 Å². The SMILES string of the molecule is O=C(c1ccn(Cc2ccc(F)c(Br)c2)c1)C1CC1. The normalized spacial score (nSPS) is 14.6. The molecule has 1 aliphatic carbocycles. The first-order chi connectivity index (χ1) is 9.13. The predicted molar refractivity (Wildman–Crippen MR) is 74.7 cm³/mol. The number of carbonyl (C=O) groups is 1. The number of rotatable bonds is 4. The van der Waals surface area contributed by atoms with E-state index in [-0.39, 0.29) is 17.5 Å². The van der Waals surface area contributed by atoms with E-state index in [9.17, 15) is 9.18 Å². The lowest BCUT2D eigenvalue weighted by Crippen LogP contribution is -2.01. The number of Topliss-reactive ketones (excluding diaryl/α,β-unsaturated/α-hetero) is 1. The summed E-state index contributed by atoms with van der Waals surface area (Å²) in [4.78, 5) is 11.9. The number of nitrogens with zero attached hydrogens (tertiary/aromatic N) is 1. The average molecular weight is 322 g/mol. The molecule has 4 heteroatoms. The topological polar surface area (TPSA) is 22.0 Å². The van der Waals surface area contributed by atoms with E-state index in [1.807, 2.05) is 23.0 Å². The molecule has 1 aromatic heterocycles. The van der Waals surface area contributed by atoms with Crippen molar-refractivity contribution in [3.05, 3.63) is 58.1 Å². The Morgan fingerprint density at radius 3 is 2.84 bits per heavy atom. The Labute approximate surface area is 119 Å². The summed E-state index contributed by atoms with van der Waals surface area (Å²) in [6.07, 6.45) is 5.81. The van der Waals surface area contributed by atoms with Crippen molar-refractivity contribution in [1.82, 2.24) is 4.57 Å². The summed E-state index contributed by atoms with van der Waals surface area (Å²) in [6, 6.07) is 6.82. The van der Waals surface area contributed by atoms with Gasteiger partial charge in [-0.25, -0.2) is 4.39 Å². The first-order valence-electron chi connectivity index (χ1n) is 6.27. The van der Waals surface area contributed by atoms with E-state index in [1.54, 1.807) is 12.1 Å². The standard InChI is InChI=1S/C15H13BrFNO/c16-13-7-10(1-4-14(13)17)8-18-6-5-12(9-18)15(19)11-2-3-11/h1,4-7,9,11H,2-3,8H2. The second-order valence-corrected chi connectivity index (χ2v) is 5.81. The monoisotopic (exact) mass is 321 g/mol. The maximum Gasteiger partial charge on any atom is 0.167 e. The van der Waals surface area contributed by atoms with E-state index in [0.29, 0.717) is 11.0 Å². The molecule has 0 bridgehead atoms. The molecular formula is C15H13BrFNO. The van der Waals surface area contributed by atoms with Gasteiger partial charge in [0.05, 0.1) is 4.47 Å². The molecule has 0 N–H and O–H groups in total. The van der Waals surface area contributed by atoms with Crippen LogP contribution in [-0.4, -0.2) is 10.4 Å². The summed E-state index contributed by atoms with van der Waals surface area (Å²) < 4.78 is 15.6. The largest absolute Gasteiger partial charge is 0.349 e. The quantitative estimate of drug-likeness (QED) is 0.779. The third-order valence-electron chi connectivity index (χ3n) is 3.33. The lowest BCUT2D eigenvalue weighted by Gasteiger charge is -2.04. The number of ketones is 1. The molecule has 0 unspecified atom stereocenters. The minimum atomic E-state index is -0.263. The maximum absolute atomic E-state index is 13.1. The lowest BCUT2D eigenvalue weighted by molar-refractivity contribution is 0.0967. The van der Waals surface area contributed by atoms with Crippen molar-refractivity contribution in [3.63, 3.8) is 0 Å². The summed E-state index contributed by atoms with van der Waals surface area (Å²) in [7, 11) is 0. The van der Waals surface area contributed by atoms with Crippen LogP contribution in [0, 0.1) is 11.7 Å². The van der Waals surface area contributed by atoms with E-state index >= 15 is 0 Å². The first-order valence-corrected chi connectivity index (χ1v) is 7.07. The Morgan fingerprint density at radius 2 is 2.16 bits per heavy atom. The van der Waals surface area contributed by atoms with Gasteiger partial charge in [0, 0.05) is 30.4 Å². The Kier molecular flexibility index (Phi) is 3.27. The van der Waals surface area contributed by atoms with Gasteiger partial charge < -0.3 is 4.57 Å². The van der Waals surface area contributed by atoms with Gasteiger partial charge in [-0.3, -0.25) is 4.79 Å². The smallest absolute Gasteiger partial charge is 0.167 e. The molecular weight excluding hydrogens is 309 g/mol. The summed E-state index contributed by atoms with van der Waals surface area (Å²) in [5.41, 5.74) is 1.78. The maximum atomic E-state index is 13.1. The van der Waals surface area contributed by atoms with E-state index in [1.165, 1.54) is 6.07 Å². The molecule has 0 aliphatic heterocycles. The molecule has 2 aromatic rings. The van der Waals surface area contributed by atoms with Crippen LogP contribution < -0.4 is 0 Å². The number of halogens is 2. The van der Waals surface area contributed by atoms with E-state index in [0.717, 1.165) is 24.0 Å². The van der Waals surface area contributed by atoms with Crippen LogP contribution in [0.4, 0.5) is 4.39 Å². The van der Waals surface area contributed by atoms with Crippen molar-refractivity contribution >= 4 is 21.7 Å². The number of hydrogen-bond acceptors (Lipinski definition) is 1. The number of benzene rings is 1. The van der Waals surface area contributed by atoms with Crippen molar-refractivity contribution in [2.75, 3.05) is 0 Å². The third-order valence-corrected chi connectivity index (χ3v) is 3.94. The van der Waals surface area contributed by atoms with Gasteiger partial charge in [0.1, 0.15) is 5.82 Å². The minimum Gasteiger partial charge on any atom is -0.349 e. The Bertz CT molecular complexity index is 631. The van der Waals surface area contributed by atoms with Gasteiger partial charge in [0.25, 0.3) is 0 Å². The summed E-state index contributed by atoms with van der Waals surface area (Å²) in [6.45, 7) is 0.636. The minimum absolute atomic E-state index is 0.246. The molecule has 1 fully saturated rings. The zero-order valence-corrected chi connectivity index (χ0v) is 11.9. The van der Waals surface area contributed by atoms with Crippen molar-refractivity contribution in [2.24, 2.45) is 5.92 Å². The average Bonchev–Trinajstić information content (AvgIpc) is 3.14. The van der Waals surface area contributed by atoms with Crippen molar-refractivity contribution in [1.29, 1.82) is 0 Å². The molecule has 3 rings (SSSR count). The summed E-state index contributed by atoms with van der Waals surface area (Å²) in [5, 5.41) is 0. The Hall–Kier alpha value is -1.42. The molecule has 1 aromatic carbocycles. The van der Waals surface area contributed by atoms with Crippen LogP contribution >= 0.6 is 15.9 Å². The van der Waals surface area contributed by atoms with E-state index in [2.05, 4.69) is 15.9 Å². The van der Waals surface area contributed by atoms with Gasteiger partial charge in [-0.05, 0) is 52.5 Å². The molecule has 0 atom stereocenters. The molecule has 1 heterocycles. The number of carbonyl (C=O) groups excluding carboxylic acids is 1. The fraction of sp³-hybridized carbons (Fsp3) is 0.267. The van der Waals surface area contributed by atoms with Crippen molar-refractivity contribution in [2.45, 2.75) is 19.4 Å². The zero-order valence-electron chi connectivity index (χ0n) is 10.3. The van der Waals surface area contributed by atoms with Gasteiger partial charge in [-0.1, -0.05) is 6.07 Å².